The Morgan fingerprint density at radius 3 is 2.28 bits per heavy atom. The van der Waals surface area contributed by atoms with Crippen LogP contribution < -0.4 is 4.72 Å². The molecule has 0 aliphatic rings. The quantitative estimate of drug-likeness (QED) is 0.260. The Morgan fingerprint density at radius 1 is 1.03 bits per heavy atom. The molecule has 0 amide bonds. The van der Waals surface area contributed by atoms with Crippen molar-refractivity contribution in [3.8, 4) is 22.8 Å². The van der Waals surface area contributed by atoms with Crippen molar-refractivity contribution in [3.63, 3.8) is 0 Å². The normalized spacial score (nSPS) is 13.2. The van der Waals surface area contributed by atoms with Gasteiger partial charge in [-0.3, -0.25) is 4.79 Å². The molecule has 1 heterocycles. The molecule has 10 heteroatoms. The van der Waals surface area contributed by atoms with Gasteiger partial charge in [0.25, 0.3) is 12.4 Å². The van der Waals surface area contributed by atoms with E-state index in [2.05, 4.69) is 14.9 Å². The second-order valence-corrected chi connectivity index (χ2v) is 10.3. The van der Waals surface area contributed by atoms with Crippen molar-refractivity contribution >= 4 is 16.5 Å². The summed E-state index contributed by atoms with van der Waals surface area (Å²) in [6.45, 7) is 5.33. The molecule has 0 aliphatic heterocycles. The van der Waals surface area contributed by atoms with Gasteiger partial charge in [0.1, 0.15) is 5.82 Å². The topological polar surface area (TPSA) is 111 Å². The average molecular weight is 510 g/mol. The van der Waals surface area contributed by atoms with E-state index < -0.39 is 21.6 Å². The minimum Gasteiger partial charge on any atom is -0.445 e. The summed E-state index contributed by atoms with van der Waals surface area (Å²) < 4.78 is 53.5. The smallest absolute Gasteiger partial charge is 0.294 e. The number of sulfonamides is 1. The highest BCUT2D eigenvalue weighted by atomic mass is 32.2. The molecule has 36 heavy (non-hydrogen) atoms. The number of nitrogens with one attached hydrogen (secondary N) is 1. The second-order valence-electron chi connectivity index (χ2n) is 8.64. The summed E-state index contributed by atoms with van der Waals surface area (Å²) in [7, 11) is -4.02. The number of benzene rings is 3. The molecule has 0 bridgehead atoms. The van der Waals surface area contributed by atoms with E-state index in [1.165, 1.54) is 31.2 Å². The van der Waals surface area contributed by atoms with Crippen LogP contribution in [0.5, 0.6) is 0 Å². The molecule has 8 nitrogen and oxygen atoms in total. The molecule has 186 valence electrons. The molecule has 0 saturated heterocycles. The van der Waals surface area contributed by atoms with Crippen molar-refractivity contribution in [3.05, 3.63) is 89.2 Å². The number of hydrogen-bond acceptors (Lipinski definition) is 7. The van der Waals surface area contributed by atoms with Crippen molar-refractivity contribution in [2.45, 2.75) is 37.8 Å². The Labute approximate surface area is 208 Å². The van der Waals surface area contributed by atoms with Crippen molar-refractivity contribution < 1.29 is 26.9 Å². The Bertz CT molecular complexity index is 1490. The first kappa shape index (κ1) is 25.2. The molecule has 0 aliphatic carbocycles. The highest BCUT2D eigenvalue weighted by molar-refractivity contribution is 7.89. The van der Waals surface area contributed by atoms with Crippen LogP contribution in [-0.2, 0) is 26.0 Å². The van der Waals surface area contributed by atoms with Crippen molar-refractivity contribution in [2.75, 3.05) is 0 Å². The molecule has 4 aromatic rings. The second kappa shape index (κ2) is 10.00. The molecule has 0 saturated carbocycles. The fourth-order valence-electron chi connectivity index (χ4n) is 3.65. The first-order chi connectivity index (χ1) is 17.1. The number of ether oxygens (including phenoxy) is 1. The van der Waals surface area contributed by atoms with E-state index in [4.69, 9.17) is 9.26 Å². The van der Waals surface area contributed by atoms with Crippen LogP contribution in [0.2, 0.25) is 0 Å². The van der Waals surface area contributed by atoms with Gasteiger partial charge in [-0.1, -0.05) is 46.6 Å². The number of aryl methyl sites for hydroxylation is 2. The van der Waals surface area contributed by atoms with Crippen molar-refractivity contribution in [1.82, 2.24) is 14.9 Å². The van der Waals surface area contributed by atoms with Gasteiger partial charge in [0.05, 0.1) is 10.5 Å². The van der Waals surface area contributed by atoms with E-state index in [1.54, 1.807) is 18.2 Å². The van der Waals surface area contributed by atoms with E-state index in [9.17, 15) is 13.2 Å². The molecule has 0 spiro atoms. The minimum absolute atomic E-state index is 0.0110. The predicted molar refractivity (Wildman–Crippen MR) is 131 cm³/mol. The average Bonchev–Trinajstić information content (AvgIpc) is 3.29. The van der Waals surface area contributed by atoms with Gasteiger partial charge in [0, 0.05) is 12.0 Å². The van der Waals surface area contributed by atoms with Crippen molar-refractivity contribution in [2.24, 2.45) is 0 Å². The van der Waals surface area contributed by atoms with Gasteiger partial charge in [-0.25, -0.2) is 12.8 Å². The third-order valence-corrected chi connectivity index (χ3v) is 7.12. The lowest BCUT2D eigenvalue weighted by molar-refractivity contribution is -0.142. The molecule has 1 N–H and O–H groups in total. The van der Waals surface area contributed by atoms with Gasteiger partial charge >= 0.3 is 0 Å². The fourth-order valence-corrected chi connectivity index (χ4v) is 4.96. The number of carbonyl (C=O) groups excluding carboxylic acids is 1. The maximum absolute atomic E-state index is 15.0. The Balaban J connectivity index is 1.56. The number of hydrogen-bond donors (Lipinski definition) is 1. The Kier molecular flexibility index (Phi) is 7.00. The lowest BCUT2D eigenvalue weighted by atomic mass is 10.0. The molecule has 0 radical (unpaired) electrons. The summed E-state index contributed by atoms with van der Waals surface area (Å²) in [6, 6.07) is 17.9. The SMILES string of the molecule is Cc1ccc(-c2nc(-c3ccc(CC(C)(NS(=O)(=O)c4ccc(C)cc4)OC=O)cc3F)no2)cc1. The first-order valence-corrected chi connectivity index (χ1v) is 12.5. The standard InChI is InChI=1S/C26H24FN3O5S/c1-17-4-9-20(10-5-17)25-28-24(29-35-25)22-13-8-19(14-23(22)27)15-26(3,34-16-31)30-36(32,33)21-11-6-18(2)7-12-21/h4-14,16,30H,15H2,1-3H3. The van der Waals surface area contributed by atoms with Gasteiger partial charge in [-0.2, -0.15) is 9.71 Å². The monoisotopic (exact) mass is 509 g/mol. The molecule has 1 atom stereocenters. The molecule has 0 fully saturated rings. The van der Waals surface area contributed by atoms with Gasteiger partial charge < -0.3 is 9.26 Å². The third kappa shape index (κ3) is 5.67. The zero-order chi connectivity index (χ0) is 25.9. The van der Waals surface area contributed by atoms with Gasteiger partial charge in [0.15, 0.2) is 5.72 Å². The summed E-state index contributed by atoms with van der Waals surface area (Å²) >= 11 is 0. The number of rotatable bonds is 9. The third-order valence-electron chi connectivity index (χ3n) is 5.53. The number of nitrogens with zero attached hydrogens (tertiary/aromatic N) is 2. The summed E-state index contributed by atoms with van der Waals surface area (Å²) in [5.74, 6) is -0.314. The lowest BCUT2D eigenvalue weighted by Crippen LogP contribution is -2.49. The highest BCUT2D eigenvalue weighted by Crippen LogP contribution is 2.27. The molecule has 4 rings (SSSR count). The van der Waals surface area contributed by atoms with Crippen LogP contribution in [0.4, 0.5) is 4.39 Å². The molecule has 1 aromatic heterocycles. The Hall–Kier alpha value is -3.89. The van der Waals surface area contributed by atoms with Crippen LogP contribution in [0, 0.1) is 19.7 Å². The minimum atomic E-state index is -4.02. The van der Waals surface area contributed by atoms with Crippen LogP contribution in [0.25, 0.3) is 22.8 Å². The molecule has 1 unspecified atom stereocenters. The summed E-state index contributed by atoms with van der Waals surface area (Å²) in [5.41, 5.74) is 1.51. The Morgan fingerprint density at radius 2 is 1.67 bits per heavy atom. The van der Waals surface area contributed by atoms with Gasteiger partial charge in [-0.15, -0.1) is 0 Å². The predicted octanol–water partition coefficient (Wildman–Crippen LogP) is 4.57. The van der Waals surface area contributed by atoms with Crippen LogP contribution in [-0.4, -0.2) is 30.8 Å². The fraction of sp³-hybridized carbons (Fsp3) is 0.192. The van der Waals surface area contributed by atoms with E-state index >= 15 is 4.39 Å². The van der Waals surface area contributed by atoms with Crippen molar-refractivity contribution in [1.29, 1.82) is 0 Å². The summed E-state index contributed by atoms with van der Waals surface area (Å²) in [4.78, 5) is 15.5. The lowest BCUT2D eigenvalue weighted by Gasteiger charge is -2.28. The van der Waals surface area contributed by atoms with Gasteiger partial charge in [-0.05, 0) is 62.7 Å². The summed E-state index contributed by atoms with van der Waals surface area (Å²) in [5, 5.41) is 3.88. The number of halogens is 1. The van der Waals surface area contributed by atoms with E-state index in [0.29, 0.717) is 11.1 Å². The zero-order valence-corrected chi connectivity index (χ0v) is 20.7. The summed E-state index contributed by atoms with van der Waals surface area (Å²) in [6.07, 6.45) is -0.130. The van der Waals surface area contributed by atoms with Crippen LogP contribution in [0.3, 0.4) is 0 Å². The molecular formula is C26H24FN3O5S. The number of carbonyl (C=O) groups is 1. The highest BCUT2D eigenvalue weighted by Gasteiger charge is 2.33. The van der Waals surface area contributed by atoms with E-state index in [-0.39, 0.29) is 35.1 Å². The van der Waals surface area contributed by atoms with E-state index in [1.807, 2.05) is 38.1 Å². The maximum atomic E-state index is 15.0. The van der Waals surface area contributed by atoms with Crippen LogP contribution in [0.15, 0.2) is 76.1 Å². The van der Waals surface area contributed by atoms with Crippen LogP contribution in [0.1, 0.15) is 23.6 Å². The van der Waals surface area contributed by atoms with Gasteiger partial charge in [0.2, 0.25) is 15.8 Å². The first-order valence-electron chi connectivity index (χ1n) is 11.0. The molecule has 3 aromatic carbocycles. The molecular weight excluding hydrogens is 485 g/mol. The largest absolute Gasteiger partial charge is 0.445 e. The van der Waals surface area contributed by atoms with E-state index in [0.717, 1.165) is 11.1 Å². The number of aromatic nitrogens is 2. The zero-order valence-electron chi connectivity index (χ0n) is 19.9. The van der Waals surface area contributed by atoms with Crippen LogP contribution >= 0.6 is 0 Å². The maximum Gasteiger partial charge on any atom is 0.294 e.